The summed E-state index contributed by atoms with van der Waals surface area (Å²) in [5, 5.41) is 4.33. The molecule has 1 aromatic heterocycles. The largest absolute Gasteiger partial charge is 0.336 e. The molecule has 1 heterocycles. The fourth-order valence-corrected chi connectivity index (χ4v) is 3.61. The number of hydrogen-bond donors (Lipinski definition) is 1. The maximum atomic E-state index is 13.2. The van der Waals surface area contributed by atoms with Crippen LogP contribution in [-0.2, 0) is 6.54 Å². The number of anilines is 1. The molecular formula is C23H28N2O. The Morgan fingerprint density at radius 3 is 2.50 bits per heavy atom. The van der Waals surface area contributed by atoms with Gasteiger partial charge in [-0.25, -0.2) is 0 Å². The number of benzene rings is 2. The zero-order valence-corrected chi connectivity index (χ0v) is 16.2. The number of unbranched alkanes of at least 4 members (excludes halogenated alkanes) is 1. The van der Waals surface area contributed by atoms with Gasteiger partial charge in [0, 0.05) is 23.1 Å². The van der Waals surface area contributed by atoms with Gasteiger partial charge in [-0.15, -0.1) is 0 Å². The van der Waals surface area contributed by atoms with Gasteiger partial charge >= 0.3 is 0 Å². The Balaban J connectivity index is 2.04. The van der Waals surface area contributed by atoms with E-state index in [2.05, 4.69) is 48.9 Å². The van der Waals surface area contributed by atoms with Crippen molar-refractivity contribution >= 4 is 22.5 Å². The fourth-order valence-electron chi connectivity index (χ4n) is 3.61. The highest BCUT2D eigenvalue weighted by Gasteiger charge is 2.20. The first-order chi connectivity index (χ1) is 12.5. The summed E-state index contributed by atoms with van der Waals surface area (Å²) in [5.74, 6) is 0.335. The molecule has 0 unspecified atom stereocenters. The molecule has 0 saturated heterocycles. The van der Waals surface area contributed by atoms with E-state index in [0.717, 1.165) is 52.8 Å². The van der Waals surface area contributed by atoms with E-state index in [1.54, 1.807) is 0 Å². The monoisotopic (exact) mass is 348 g/mol. The van der Waals surface area contributed by atoms with Crippen molar-refractivity contribution in [1.29, 1.82) is 0 Å². The average Bonchev–Trinajstić information content (AvgIpc) is 2.92. The standard InChI is InChI=1S/C23H28N2O/c1-5-6-15-25-21-14-10-8-12-19(21)17(4)22(25)23(26)24-20-13-9-7-11-18(20)16(2)3/h7-14,16H,5-6,15H2,1-4H3,(H,24,26). The van der Waals surface area contributed by atoms with Gasteiger partial charge in [0.15, 0.2) is 0 Å². The molecule has 0 aliphatic carbocycles. The SMILES string of the molecule is CCCCn1c(C(=O)Nc2ccccc2C(C)C)c(C)c2ccccc21. The minimum Gasteiger partial charge on any atom is -0.336 e. The van der Waals surface area contributed by atoms with Crippen LogP contribution in [0.4, 0.5) is 5.69 Å². The van der Waals surface area contributed by atoms with E-state index in [0.29, 0.717) is 5.92 Å². The Labute approximate surface area is 156 Å². The Bertz CT molecular complexity index is 921. The minimum atomic E-state index is -0.0251. The van der Waals surface area contributed by atoms with Crippen molar-refractivity contribution in [2.24, 2.45) is 0 Å². The van der Waals surface area contributed by atoms with Crippen molar-refractivity contribution in [3.8, 4) is 0 Å². The smallest absolute Gasteiger partial charge is 0.272 e. The molecule has 0 bridgehead atoms. The van der Waals surface area contributed by atoms with Crippen molar-refractivity contribution in [1.82, 2.24) is 4.57 Å². The van der Waals surface area contributed by atoms with Crippen LogP contribution in [0.3, 0.4) is 0 Å². The number of rotatable bonds is 6. The molecule has 3 heteroatoms. The summed E-state index contributed by atoms with van der Waals surface area (Å²) in [5.41, 5.74) is 5.03. The summed E-state index contributed by atoms with van der Waals surface area (Å²) >= 11 is 0. The first-order valence-corrected chi connectivity index (χ1v) is 9.52. The second-order valence-corrected chi connectivity index (χ2v) is 7.19. The van der Waals surface area contributed by atoms with Gasteiger partial charge in [-0.1, -0.05) is 63.6 Å². The highest BCUT2D eigenvalue weighted by molar-refractivity contribution is 6.08. The van der Waals surface area contributed by atoms with Crippen LogP contribution in [0.5, 0.6) is 0 Å². The van der Waals surface area contributed by atoms with E-state index in [4.69, 9.17) is 0 Å². The van der Waals surface area contributed by atoms with Gasteiger partial charge in [0.1, 0.15) is 5.69 Å². The van der Waals surface area contributed by atoms with Gasteiger partial charge < -0.3 is 9.88 Å². The van der Waals surface area contributed by atoms with E-state index >= 15 is 0 Å². The molecule has 3 nitrogen and oxygen atoms in total. The fraction of sp³-hybridized carbons (Fsp3) is 0.348. The van der Waals surface area contributed by atoms with Crippen LogP contribution in [0.25, 0.3) is 10.9 Å². The van der Waals surface area contributed by atoms with Gasteiger partial charge in [0.25, 0.3) is 5.91 Å². The summed E-state index contributed by atoms with van der Waals surface area (Å²) < 4.78 is 2.18. The zero-order chi connectivity index (χ0) is 18.7. The molecule has 26 heavy (non-hydrogen) atoms. The van der Waals surface area contributed by atoms with Crippen LogP contribution in [0.1, 0.15) is 61.1 Å². The minimum absolute atomic E-state index is 0.0251. The molecule has 0 aliphatic rings. The number of carbonyl (C=O) groups is 1. The first-order valence-electron chi connectivity index (χ1n) is 9.52. The number of aromatic nitrogens is 1. The maximum Gasteiger partial charge on any atom is 0.272 e. The van der Waals surface area contributed by atoms with Gasteiger partial charge in [0.2, 0.25) is 0 Å². The van der Waals surface area contributed by atoms with Crippen LogP contribution < -0.4 is 5.32 Å². The topological polar surface area (TPSA) is 34.0 Å². The van der Waals surface area contributed by atoms with E-state index in [9.17, 15) is 4.79 Å². The van der Waals surface area contributed by atoms with E-state index in [1.165, 1.54) is 0 Å². The number of nitrogens with zero attached hydrogens (tertiary/aromatic N) is 1. The number of aryl methyl sites for hydroxylation is 2. The highest BCUT2D eigenvalue weighted by atomic mass is 16.2. The van der Waals surface area contributed by atoms with Crippen molar-refractivity contribution < 1.29 is 4.79 Å². The molecular weight excluding hydrogens is 320 g/mol. The van der Waals surface area contributed by atoms with Crippen LogP contribution in [0, 0.1) is 6.92 Å². The number of carbonyl (C=O) groups excluding carboxylic acids is 1. The van der Waals surface area contributed by atoms with Gasteiger partial charge in [-0.2, -0.15) is 0 Å². The van der Waals surface area contributed by atoms with Gasteiger partial charge in [0.05, 0.1) is 0 Å². The molecule has 1 N–H and O–H groups in total. The number of para-hydroxylation sites is 2. The molecule has 0 radical (unpaired) electrons. The lowest BCUT2D eigenvalue weighted by molar-refractivity contribution is 0.101. The number of fused-ring (bicyclic) bond motifs is 1. The Morgan fingerprint density at radius 1 is 1.08 bits per heavy atom. The third-order valence-electron chi connectivity index (χ3n) is 5.01. The van der Waals surface area contributed by atoms with Crippen molar-refractivity contribution in [2.45, 2.75) is 53.0 Å². The molecule has 136 valence electrons. The number of amides is 1. The lowest BCUT2D eigenvalue weighted by atomic mass is 10.0. The third kappa shape index (κ3) is 3.39. The highest BCUT2D eigenvalue weighted by Crippen LogP contribution is 2.29. The second-order valence-electron chi connectivity index (χ2n) is 7.19. The van der Waals surface area contributed by atoms with Crippen LogP contribution in [0.2, 0.25) is 0 Å². The summed E-state index contributed by atoms with van der Waals surface area (Å²) in [6.07, 6.45) is 2.16. The Kier molecular flexibility index (Phi) is 5.46. The maximum absolute atomic E-state index is 13.2. The molecule has 3 aromatic rings. The zero-order valence-electron chi connectivity index (χ0n) is 16.2. The predicted molar refractivity (Wildman–Crippen MR) is 110 cm³/mol. The molecule has 0 saturated carbocycles. The molecule has 0 spiro atoms. The van der Waals surface area contributed by atoms with Crippen LogP contribution in [-0.4, -0.2) is 10.5 Å². The Morgan fingerprint density at radius 2 is 1.77 bits per heavy atom. The summed E-state index contributed by atoms with van der Waals surface area (Å²) in [6, 6.07) is 16.4. The number of hydrogen-bond acceptors (Lipinski definition) is 1. The normalized spacial score (nSPS) is 11.3. The van der Waals surface area contributed by atoms with Crippen LogP contribution >= 0.6 is 0 Å². The molecule has 2 aromatic carbocycles. The summed E-state index contributed by atoms with van der Waals surface area (Å²) in [6.45, 7) is 9.38. The molecule has 3 rings (SSSR count). The van der Waals surface area contributed by atoms with E-state index < -0.39 is 0 Å². The molecule has 0 fully saturated rings. The number of nitrogens with one attached hydrogen (secondary N) is 1. The van der Waals surface area contributed by atoms with E-state index in [1.807, 2.05) is 37.3 Å². The van der Waals surface area contributed by atoms with Crippen molar-refractivity contribution in [3.05, 3.63) is 65.4 Å². The quantitative estimate of drug-likeness (QED) is 0.571. The van der Waals surface area contributed by atoms with Gasteiger partial charge in [-0.3, -0.25) is 4.79 Å². The van der Waals surface area contributed by atoms with E-state index in [-0.39, 0.29) is 5.91 Å². The summed E-state index contributed by atoms with van der Waals surface area (Å²) in [4.78, 5) is 13.2. The molecule has 0 atom stereocenters. The summed E-state index contributed by atoms with van der Waals surface area (Å²) in [7, 11) is 0. The molecule has 1 amide bonds. The average molecular weight is 348 g/mol. The lowest BCUT2D eigenvalue weighted by Gasteiger charge is -2.15. The third-order valence-corrected chi connectivity index (χ3v) is 5.01. The predicted octanol–water partition coefficient (Wildman–Crippen LogP) is 6.13. The van der Waals surface area contributed by atoms with Crippen molar-refractivity contribution in [3.63, 3.8) is 0 Å². The lowest BCUT2D eigenvalue weighted by Crippen LogP contribution is -2.19. The van der Waals surface area contributed by atoms with Crippen molar-refractivity contribution in [2.75, 3.05) is 5.32 Å². The van der Waals surface area contributed by atoms with Gasteiger partial charge in [-0.05, 0) is 42.5 Å². The second kappa shape index (κ2) is 7.77. The Hall–Kier alpha value is -2.55. The van der Waals surface area contributed by atoms with Crippen LogP contribution in [0.15, 0.2) is 48.5 Å². The first kappa shape index (κ1) is 18.2. The molecule has 0 aliphatic heterocycles.